The lowest BCUT2D eigenvalue weighted by molar-refractivity contribution is 0.329. The van der Waals surface area contributed by atoms with E-state index in [1.165, 1.54) is 0 Å². The van der Waals surface area contributed by atoms with Crippen LogP contribution in [-0.2, 0) is 21.9 Å². The number of nitrogens with zero attached hydrogens (tertiary/aromatic N) is 4. The molecule has 1 aliphatic rings. The average Bonchev–Trinajstić information content (AvgIpc) is 3.07. The molecular weight excluding hydrogens is 290 g/mol. The van der Waals surface area contributed by atoms with Crippen molar-refractivity contribution in [1.29, 1.82) is 0 Å². The molecule has 7 nitrogen and oxygen atoms in total. The zero-order chi connectivity index (χ0) is 15.3. The van der Waals surface area contributed by atoms with Crippen molar-refractivity contribution in [3.05, 3.63) is 18.6 Å². The molecule has 1 unspecified atom stereocenters. The number of nitrogen functional groups attached to an aromatic ring is 1. The number of anilines is 1. The minimum absolute atomic E-state index is 0.106. The molecule has 2 aromatic heterocycles. The minimum atomic E-state index is -2.99. The molecule has 2 N–H and O–H groups in total. The topological polar surface area (TPSA) is 95.8 Å². The van der Waals surface area contributed by atoms with Gasteiger partial charge >= 0.3 is 0 Å². The Labute approximate surface area is 123 Å². The Balaban J connectivity index is 1.98. The van der Waals surface area contributed by atoms with Gasteiger partial charge in [-0.3, -0.25) is 9.36 Å². The SMILES string of the molecule is CCn1cc(-c2nn(C3(C)CCS(=O)(=O)C3)cc2N)cn1. The highest BCUT2D eigenvalue weighted by Crippen LogP contribution is 2.33. The first-order valence-corrected chi connectivity index (χ1v) is 8.74. The maximum atomic E-state index is 11.7. The van der Waals surface area contributed by atoms with Gasteiger partial charge in [0.2, 0.25) is 0 Å². The molecule has 0 bridgehead atoms. The second-order valence-corrected chi connectivity index (χ2v) is 7.99. The summed E-state index contributed by atoms with van der Waals surface area (Å²) in [6, 6.07) is 0. The lowest BCUT2D eigenvalue weighted by atomic mass is 10.0. The first-order valence-electron chi connectivity index (χ1n) is 6.92. The van der Waals surface area contributed by atoms with Crippen LogP contribution in [0.2, 0.25) is 0 Å². The predicted octanol–water partition coefficient (Wildman–Crippen LogP) is 0.882. The molecule has 114 valence electrons. The highest BCUT2D eigenvalue weighted by Gasteiger charge is 2.41. The van der Waals surface area contributed by atoms with Crippen LogP contribution in [0.5, 0.6) is 0 Å². The van der Waals surface area contributed by atoms with Crippen LogP contribution in [0.25, 0.3) is 11.3 Å². The van der Waals surface area contributed by atoms with Gasteiger partial charge < -0.3 is 5.73 Å². The molecule has 0 spiro atoms. The zero-order valence-electron chi connectivity index (χ0n) is 12.2. The van der Waals surface area contributed by atoms with E-state index in [1.54, 1.807) is 21.8 Å². The molecule has 0 amide bonds. The van der Waals surface area contributed by atoms with E-state index in [9.17, 15) is 8.42 Å². The molecule has 0 aliphatic carbocycles. The largest absolute Gasteiger partial charge is 0.396 e. The number of aromatic nitrogens is 4. The lowest BCUT2D eigenvalue weighted by Gasteiger charge is -2.22. The van der Waals surface area contributed by atoms with Crippen LogP contribution >= 0.6 is 0 Å². The van der Waals surface area contributed by atoms with Gasteiger partial charge in [0.25, 0.3) is 0 Å². The summed E-state index contributed by atoms with van der Waals surface area (Å²) in [5.74, 6) is 0.307. The number of hydrogen-bond donors (Lipinski definition) is 1. The van der Waals surface area contributed by atoms with E-state index in [-0.39, 0.29) is 11.5 Å². The van der Waals surface area contributed by atoms with Crippen LogP contribution < -0.4 is 5.73 Å². The third kappa shape index (κ3) is 2.44. The molecule has 0 saturated carbocycles. The maximum Gasteiger partial charge on any atom is 0.152 e. The van der Waals surface area contributed by atoms with Crippen LogP contribution in [0.15, 0.2) is 18.6 Å². The second-order valence-electron chi connectivity index (χ2n) is 5.80. The molecule has 2 aromatic rings. The molecule has 3 heterocycles. The van der Waals surface area contributed by atoms with Crippen LogP contribution in [0, 0.1) is 0 Å². The van der Waals surface area contributed by atoms with E-state index in [2.05, 4.69) is 10.2 Å². The summed E-state index contributed by atoms with van der Waals surface area (Å²) in [5.41, 5.74) is 7.56. The Morgan fingerprint density at radius 2 is 2.19 bits per heavy atom. The van der Waals surface area contributed by atoms with Gasteiger partial charge in [0.05, 0.1) is 28.9 Å². The lowest BCUT2D eigenvalue weighted by Crippen LogP contribution is -2.31. The van der Waals surface area contributed by atoms with Crippen molar-refractivity contribution in [2.75, 3.05) is 17.2 Å². The predicted molar refractivity (Wildman–Crippen MR) is 80.5 cm³/mol. The monoisotopic (exact) mass is 309 g/mol. The van der Waals surface area contributed by atoms with Crippen LogP contribution in [-0.4, -0.2) is 39.5 Å². The fourth-order valence-electron chi connectivity index (χ4n) is 2.72. The minimum Gasteiger partial charge on any atom is -0.396 e. The van der Waals surface area contributed by atoms with E-state index in [0.717, 1.165) is 12.1 Å². The molecule has 1 atom stereocenters. The summed E-state index contributed by atoms with van der Waals surface area (Å²) in [6.45, 7) is 4.68. The van der Waals surface area contributed by atoms with E-state index in [4.69, 9.17) is 5.73 Å². The van der Waals surface area contributed by atoms with Gasteiger partial charge in [0.15, 0.2) is 9.84 Å². The standard InChI is InChI=1S/C13H19N5O2S/c1-3-17-7-10(6-15-17)12-11(14)8-18(16-12)13(2)4-5-21(19,20)9-13/h6-8H,3-5,9,14H2,1-2H3. The quantitative estimate of drug-likeness (QED) is 0.908. The number of hydrogen-bond acceptors (Lipinski definition) is 5. The molecule has 8 heteroatoms. The Morgan fingerprint density at radius 3 is 2.76 bits per heavy atom. The average molecular weight is 309 g/mol. The Bertz CT molecular complexity index is 776. The molecule has 0 aromatic carbocycles. The van der Waals surface area contributed by atoms with Gasteiger partial charge in [0.1, 0.15) is 5.69 Å². The zero-order valence-corrected chi connectivity index (χ0v) is 13.0. The third-order valence-electron chi connectivity index (χ3n) is 4.01. The van der Waals surface area contributed by atoms with E-state index < -0.39 is 15.4 Å². The summed E-state index contributed by atoms with van der Waals surface area (Å²) in [7, 11) is -2.99. The van der Waals surface area contributed by atoms with Crippen molar-refractivity contribution >= 4 is 15.5 Å². The number of sulfone groups is 1. The molecule has 3 rings (SSSR count). The smallest absolute Gasteiger partial charge is 0.152 e. The van der Waals surface area contributed by atoms with Crippen molar-refractivity contribution in [1.82, 2.24) is 19.6 Å². The summed E-state index contributed by atoms with van der Waals surface area (Å²) in [4.78, 5) is 0. The van der Waals surface area contributed by atoms with Crippen molar-refractivity contribution in [3.8, 4) is 11.3 Å². The fraction of sp³-hybridized carbons (Fsp3) is 0.538. The highest BCUT2D eigenvalue weighted by atomic mass is 32.2. The van der Waals surface area contributed by atoms with Gasteiger partial charge in [-0.2, -0.15) is 10.2 Å². The van der Waals surface area contributed by atoms with Gasteiger partial charge in [-0.05, 0) is 20.3 Å². The Morgan fingerprint density at radius 1 is 1.43 bits per heavy atom. The summed E-state index contributed by atoms with van der Waals surface area (Å²) < 4.78 is 27.0. The molecule has 1 saturated heterocycles. The maximum absolute atomic E-state index is 11.7. The van der Waals surface area contributed by atoms with Crippen molar-refractivity contribution in [2.45, 2.75) is 32.4 Å². The fourth-order valence-corrected chi connectivity index (χ4v) is 4.84. The molecule has 1 aliphatic heterocycles. The summed E-state index contributed by atoms with van der Waals surface area (Å²) >= 11 is 0. The number of rotatable bonds is 3. The van der Waals surface area contributed by atoms with Crippen LogP contribution in [0.3, 0.4) is 0 Å². The Kier molecular flexibility index (Phi) is 3.09. The van der Waals surface area contributed by atoms with Gasteiger partial charge in [-0.15, -0.1) is 0 Å². The normalized spacial score (nSPS) is 24.5. The van der Waals surface area contributed by atoms with Crippen LogP contribution in [0.1, 0.15) is 20.3 Å². The highest BCUT2D eigenvalue weighted by molar-refractivity contribution is 7.91. The van der Waals surface area contributed by atoms with Gasteiger partial charge in [0, 0.05) is 24.5 Å². The van der Waals surface area contributed by atoms with Gasteiger partial charge in [-0.25, -0.2) is 8.42 Å². The third-order valence-corrected chi connectivity index (χ3v) is 5.90. The first-order chi connectivity index (χ1) is 9.83. The summed E-state index contributed by atoms with van der Waals surface area (Å²) in [6.07, 6.45) is 5.89. The molecule has 21 heavy (non-hydrogen) atoms. The van der Waals surface area contributed by atoms with Crippen LogP contribution in [0.4, 0.5) is 5.69 Å². The van der Waals surface area contributed by atoms with Crippen molar-refractivity contribution in [2.24, 2.45) is 0 Å². The number of aryl methyl sites for hydroxylation is 1. The molecule has 1 fully saturated rings. The van der Waals surface area contributed by atoms with Crippen molar-refractivity contribution < 1.29 is 8.42 Å². The van der Waals surface area contributed by atoms with E-state index in [0.29, 0.717) is 17.8 Å². The summed E-state index contributed by atoms with van der Waals surface area (Å²) in [5, 5.41) is 8.74. The molecular formula is C13H19N5O2S. The second kappa shape index (κ2) is 4.59. The van der Waals surface area contributed by atoms with Crippen molar-refractivity contribution in [3.63, 3.8) is 0 Å². The van der Waals surface area contributed by atoms with E-state index >= 15 is 0 Å². The number of nitrogens with two attached hydrogens (primary N) is 1. The molecule has 0 radical (unpaired) electrons. The van der Waals surface area contributed by atoms with E-state index in [1.807, 2.05) is 20.0 Å². The van der Waals surface area contributed by atoms with Gasteiger partial charge in [-0.1, -0.05) is 0 Å². The first kappa shape index (κ1) is 14.1. The Hall–Kier alpha value is -1.83.